The Kier molecular flexibility index (Phi) is 15.2. The van der Waals surface area contributed by atoms with Gasteiger partial charge in [0.25, 0.3) is 0 Å². The van der Waals surface area contributed by atoms with Crippen LogP contribution in [0.1, 0.15) is 133 Å². The average Bonchev–Trinajstić information content (AvgIpc) is 3.72. The first kappa shape index (κ1) is 49.8. The van der Waals surface area contributed by atoms with Crippen molar-refractivity contribution in [3.8, 4) is 0 Å². The van der Waals surface area contributed by atoms with E-state index in [9.17, 15) is 35.1 Å². The normalized spacial score (nSPS) is 48.7. The van der Waals surface area contributed by atoms with E-state index in [-0.39, 0.29) is 61.7 Å². The number of carbonyl (C=O) groups excluding carboxylic acids is 1. The van der Waals surface area contributed by atoms with Gasteiger partial charge in [0.15, 0.2) is 29.4 Å². The number of ketones is 1. The summed E-state index contributed by atoms with van der Waals surface area (Å²) >= 11 is 0. The Morgan fingerprint density at radius 2 is 1.65 bits per heavy atom. The van der Waals surface area contributed by atoms with Crippen LogP contribution in [-0.2, 0) is 47.5 Å². The number of carboxylic acids is 1. The molecule has 0 saturated carbocycles. The number of hydrogen-bond acceptors (Lipinski definition) is 14. The molecule has 6 fully saturated rings. The third-order valence-corrected chi connectivity index (χ3v) is 15.8. The zero-order valence-corrected chi connectivity index (χ0v) is 39.0. The fourth-order valence-corrected chi connectivity index (χ4v) is 11.6. The van der Waals surface area contributed by atoms with Gasteiger partial charge in [-0.3, -0.25) is 9.59 Å². The largest absolute Gasteiger partial charge is 0.481 e. The van der Waals surface area contributed by atoms with Crippen LogP contribution in [0.5, 0.6) is 0 Å². The number of carbonyl (C=O) groups is 2. The smallest absolute Gasteiger partial charge is 0.306 e. The van der Waals surface area contributed by atoms with Crippen LogP contribution in [0.3, 0.4) is 0 Å². The lowest BCUT2D eigenvalue weighted by Crippen LogP contribution is -2.63. The summed E-state index contributed by atoms with van der Waals surface area (Å²) in [7, 11) is 1.55. The molecule has 15 heteroatoms. The van der Waals surface area contributed by atoms with Gasteiger partial charge in [-0.2, -0.15) is 0 Å². The van der Waals surface area contributed by atoms with Crippen LogP contribution in [0.15, 0.2) is 11.6 Å². The van der Waals surface area contributed by atoms with Crippen molar-refractivity contribution >= 4 is 11.8 Å². The Labute approximate surface area is 368 Å². The van der Waals surface area contributed by atoms with Crippen molar-refractivity contribution in [3.63, 3.8) is 0 Å². The maximum Gasteiger partial charge on any atom is 0.306 e. The number of rotatable bonds is 14. The Balaban J connectivity index is 1.22. The number of Topliss-reactive ketones (excluding diaryl/α,β-unsaturated/α-hetero) is 1. The summed E-state index contributed by atoms with van der Waals surface area (Å²) in [4.78, 5) is 25.2. The second-order valence-corrected chi connectivity index (χ2v) is 20.8. The molecule has 5 N–H and O–H groups in total. The number of methoxy groups -OCH3 is 1. The molecule has 0 aliphatic carbocycles. The van der Waals surface area contributed by atoms with Crippen LogP contribution in [-0.4, -0.2) is 136 Å². The summed E-state index contributed by atoms with van der Waals surface area (Å²) < 4.78 is 53.0. The lowest BCUT2D eigenvalue weighted by Gasteiger charge is -2.54. The minimum atomic E-state index is -1.69. The van der Waals surface area contributed by atoms with Crippen LogP contribution >= 0.6 is 0 Å². The second kappa shape index (κ2) is 18.9. The van der Waals surface area contributed by atoms with Gasteiger partial charge in [-0.05, 0) is 63.9 Å². The van der Waals surface area contributed by atoms with E-state index < -0.39 is 108 Å². The highest BCUT2D eigenvalue weighted by Gasteiger charge is 2.65. The number of aliphatic hydroxyl groups excluding tert-OH is 3. The minimum absolute atomic E-state index is 0.0325. The molecule has 356 valence electrons. The van der Waals surface area contributed by atoms with Crippen molar-refractivity contribution in [2.24, 2.45) is 40.9 Å². The molecular formula is C47H78O15. The monoisotopic (exact) mass is 883 g/mol. The molecule has 6 heterocycles. The molecule has 0 aromatic heterocycles. The molecule has 62 heavy (non-hydrogen) atoms. The molecule has 0 radical (unpaired) electrons. The van der Waals surface area contributed by atoms with E-state index in [1.165, 1.54) is 0 Å². The van der Waals surface area contributed by atoms with E-state index in [1.54, 1.807) is 21.0 Å². The van der Waals surface area contributed by atoms with Gasteiger partial charge in [0, 0.05) is 61.9 Å². The molecule has 0 aromatic carbocycles. The van der Waals surface area contributed by atoms with E-state index in [1.807, 2.05) is 40.7 Å². The van der Waals surface area contributed by atoms with E-state index in [4.69, 9.17) is 37.9 Å². The summed E-state index contributed by atoms with van der Waals surface area (Å²) in [6, 6.07) is 0. The van der Waals surface area contributed by atoms with Crippen molar-refractivity contribution in [1.29, 1.82) is 0 Å². The third-order valence-electron chi connectivity index (χ3n) is 15.8. The summed E-state index contributed by atoms with van der Waals surface area (Å²) in [6.07, 6.45) is 0.801. The molecule has 20 atom stereocenters. The number of aliphatic carboxylic acids is 1. The van der Waals surface area contributed by atoms with Gasteiger partial charge in [-0.1, -0.05) is 61.5 Å². The standard InChI is InChI=1S/C47H78O15/c1-12-13-32(39(51)25(2)16-27(4)42(52)53)21-43(9)24-56-45(22-36(43)50)15-14-44(10,62-45)37-20-34(58-38-19-33(49)41(55-11)31(8)57-38)30(7)47(60-37)29(6)18-35(59-47)40-26(3)17-28(5)46(54,23-48)61-40/h13,25-31,33-38,40-41,48-50,54H,12,14-24H2,1-11H3,(H,52,53)/b32-13+/t25?,26-,27?,28+,29?,30+,31+,33+,34-,35+,36-,37+,38+,40?,41+,43-,44-,45?,46-,47?/m0/s1. The number of ether oxygens (including phenoxy) is 8. The summed E-state index contributed by atoms with van der Waals surface area (Å²) in [6.45, 7) is 18.8. The van der Waals surface area contributed by atoms with Crippen LogP contribution in [0, 0.1) is 40.9 Å². The van der Waals surface area contributed by atoms with Crippen molar-refractivity contribution in [3.05, 3.63) is 11.6 Å². The fourth-order valence-electron chi connectivity index (χ4n) is 11.6. The maximum absolute atomic E-state index is 13.7. The fraction of sp³-hybridized carbons (Fsp3) is 0.915. The first-order valence-corrected chi connectivity index (χ1v) is 23.3. The summed E-state index contributed by atoms with van der Waals surface area (Å²) in [5, 5.41) is 53.8. The van der Waals surface area contributed by atoms with Crippen molar-refractivity contribution in [1.82, 2.24) is 0 Å². The maximum atomic E-state index is 13.7. The van der Waals surface area contributed by atoms with Crippen molar-refractivity contribution in [2.75, 3.05) is 20.3 Å². The first-order chi connectivity index (χ1) is 29.0. The molecule has 6 unspecified atom stereocenters. The van der Waals surface area contributed by atoms with Crippen LogP contribution in [0.2, 0.25) is 0 Å². The Bertz CT molecular complexity index is 1600. The Morgan fingerprint density at radius 1 is 0.935 bits per heavy atom. The van der Waals surface area contributed by atoms with Crippen molar-refractivity contribution < 1.29 is 73.0 Å². The van der Waals surface area contributed by atoms with Gasteiger partial charge >= 0.3 is 5.97 Å². The van der Waals surface area contributed by atoms with Crippen LogP contribution in [0.25, 0.3) is 0 Å². The van der Waals surface area contributed by atoms with Crippen LogP contribution < -0.4 is 0 Å². The molecule has 0 aromatic rings. The highest BCUT2D eigenvalue weighted by Crippen LogP contribution is 2.57. The molecule has 2 spiro atoms. The number of allylic oxidation sites excluding steroid dienone is 2. The first-order valence-electron chi connectivity index (χ1n) is 23.3. The second-order valence-electron chi connectivity index (χ2n) is 20.8. The highest BCUT2D eigenvalue weighted by atomic mass is 16.8. The van der Waals surface area contributed by atoms with Gasteiger partial charge in [0.1, 0.15) is 6.10 Å². The number of aliphatic hydroxyl groups is 4. The molecular weight excluding hydrogens is 805 g/mol. The lowest BCUT2D eigenvalue weighted by atomic mass is 9.72. The predicted octanol–water partition coefficient (Wildman–Crippen LogP) is 5.27. The van der Waals surface area contributed by atoms with Gasteiger partial charge in [-0.15, -0.1) is 0 Å². The van der Waals surface area contributed by atoms with E-state index in [0.717, 1.165) is 0 Å². The topological polar surface area (TPSA) is 209 Å². The Morgan fingerprint density at radius 3 is 2.26 bits per heavy atom. The summed E-state index contributed by atoms with van der Waals surface area (Å²) in [5.74, 6) is -6.88. The molecule has 6 saturated heterocycles. The number of hydrogen-bond donors (Lipinski definition) is 5. The molecule has 6 rings (SSSR count). The van der Waals surface area contributed by atoms with Gasteiger partial charge < -0.3 is 63.4 Å². The van der Waals surface area contributed by atoms with Crippen molar-refractivity contribution in [2.45, 2.75) is 212 Å². The predicted molar refractivity (Wildman–Crippen MR) is 225 cm³/mol. The molecule has 15 nitrogen and oxygen atoms in total. The molecule has 0 bridgehead atoms. The zero-order chi connectivity index (χ0) is 45.7. The SMILES string of the molecule is CC/C=C(\C[C@@]1(C)COC2(CC[C@@](C)([C@H]3C[C@H](O[C@@H]4C[C@@H](O)[C@H](OC)[C@@H](C)O4)[C@@H](C)C4(O[C@@H](C5O[C@@](O)(CO)[C@H](C)C[C@@H]5C)CC4C)O3)O2)C[C@@H]1O)C(=O)C(C)CC(C)C(=O)O. The zero-order valence-electron chi connectivity index (χ0n) is 39.0. The van der Waals surface area contributed by atoms with E-state index in [2.05, 4.69) is 20.8 Å². The van der Waals surface area contributed by atoms with Gasteiger partial charge in [0.2, 0.25) is 0 Å². The molecule has 6 aliphatic rings. The minimum Gasteiger partial charge on any atom is -0.481 e. The highest BCUT2D eigenvalue weighted by molar-refractivity contribution is 5.97. The van der Waals surface area contributed by atoms with Gasteiger partial charge in [0.05, 0.1) is 67.5 Å². The molecule has 6 aliphatic heterocycles. The Hall–Kier alpha value is -1.60. The summed E-state index contributed by atoms with van der Waals surface area (Å²) in [5.41, 5.74) is -1.14. The molecule has 0 amide bonds. The third kappa shape index (κ3) is 9.62. The quantitative estimate of drug-likeness (QED) is 0.141. The van der Waals surface area contributed by atoms with E-state index in [0.29, 0.717) is 44.1 Å². The van der Waals surface area contributed by atoms with E-state index >= 15 is 0 Å². The average molecular weight is 883 g/mol. The van der Waals surface area contributed by atoms with Crippen LogP contribution in [0.4, 0.5) is 0 Å². The number of carboxylic acid groups (broad SMARTS) is 1. The lowest BCUT2D eigenvalue weighted by molar-refractivity contribution is -0.389. The van der Waals surface area contributed by atoms with Gasteiger partial charge in [-0.25, -0.2) is 0 Å².